The summed E-state index contributed by atoms with van der Waals surface area (Å²) in [7, 11) is 0. The molecule has 0 spiro atoms. The second kappa shape index (κ2) is 6.81. The SMILES string of the molecule is O=C(O)C=Cc1ccc(CNC(=O)c2ccc(F)cc2)s1. The Morgan fingerprint density at radius 3 is 2.57 bits per heavy atom. The molecule has 2 N–H and O–H groups in total. The van der Waals surface area contributed by atoms with E-state index in [0.29, 0.717) is 12.1 Å². The minimum absolute atomic E-state index is 0.286. The van der Waals surface area contributed by atoms with Crippen LogP contribution in [0.25, 0.3) is 6.08 Å². The Morgan fingerprint density at radius 1 is 1.19 bits per heavy atom. The number of carboxylic acid groups (broad SMARTS) is 1. The summed E-state index contributed by atoms with van der Waals surface area (Å²) in [5.74, 6) is -1.68. The predicted molar refractivity (Wildman–Crippen MR) is 78.6 cm³/mol. The summed E-state index contributed by atoms with van der Waals surface area (Å²) in [5.41, 5.74) is 0.388. The van der Waals surface area contributed by atoms with Crippen LogP contribution in [0.2, 0.25) is 0 Å². The van der Waals surface area contributed by atoms with Gasteiger partial charge in [0, 0.05) is 21.4 Å². The third-order valence-electron chi connectivity index (χ3n) is 2.60. The Labute approximate surface area is 124 Å². The van der Waals surface area contributed by atoms with Gasteiger partial charge in [-0.2, -0.15) is 0 Å². The van der Waals surface area contributed by atoms with Crippen LogP contribution in [0.1, 0.15) is 20.1 Å². The van der Waals surface area contributed by atoms with Crippen molar-refractivity contribution < 1.29 is 19.1 Å². The number of hydrogen-bond acceptors (Lipinski definition) is 3. The van der Waals surface area contributed by atoms with Crippen molar-refractivity contribution in [1.82, 2.24) is 5.32 Å². The Kier molecular flexibility index (Phi) is 4.84. The van der Waals surface area contributed by atoms with Crippen molar-refractivity contribution in [3.8, 4) is 0 Å². The normalized spacial score (nSPS) is 10.7. The van der Waals surface area contributed by atoms with Crippen molar-refractivity contribution in [2.24, 2.45) is 0 Å². The molecule has 0 fully saturated rings. The fourth-order valence-electron chi connectivity index (χ4n) is 1.60. The molecule has 2 aromatic rings. The molecule has 1 heterocycles. The molecule has 0 aliphatic rings. The molecule has 0 atom stereocenters. The highest BCUT2D eigenvalue weighted by molar-refractivity contribution is 7.12. The smallest absolute Gasteiger partial charge is 0.328 e. The van der Waals surface area contributed by atoms with Gasteiger partial charge in [0.15, 0.2) is 0 Å². The second-order valence-corrected chi connectivity index (χ2v) is 5.37. The molecule has 0 unspecified atom stereocenters. The molecule has 1 aromatic heterocycles. The molecule has 0 radical (unpaired) electrons. The lowest BCUT2D eigenvalue weighted by Gasteiger charge is -2.03. The molecule has 0 aliphatic heterocycles. The van der Waals surface area contributed by atoms with Gasteiger partial charge in [0.05, 0.1) is 6.54 Å². The molecule has 21 heavy (non-hydrogen) atoms. The lowest BCUT2D eigenvalue weighted by atomic mass is 10.2. The molecule has 1 amide bonds. The molecule has 6 heteroatoms. The molecule has 2 rings (SSSR count). The Morgan fingerprint density at radius 2 is 1.90 bits per heavy atom. The van der Waals surface area contributed by atoms with E-state index in [2.05, 4.69) is 5.32 Å². The van der Waals surface area contributed by atoms with E-state index in [1.54, 1.807) is 6.07 Å². The van der Waals surface area contributed by atoms with Crippen LogP contribution in [0.4, 0.5) is 4.39 Å². The zero-order valence-electron chi connectivity index (χ0n) is 10.9. The number of amides is 1. The van der Waals surface area contributed by atoms with Gasteiger partial charge in [-0.15, -0.1) is 11.3 Å². The van der Waals surface area contributed by atoms with Crippen molar-refractivity contribution in [2.75, 3.05) is 0 Å². The molecular formula is C15H12FNO3S. The number of nitrogens with one attached hydrogen (secondary N) is 1. The van der Waals surface area contributed by atoms with Crippen molar-refractivity contribution in [3.05, 3.63) is 63.6 Å². The Balaban J connectivity index is 1.92. The zero-order chi connectivity index (χ0) is 15.2. The summed E-state index contributed by atoms with van der Waals surface area (Å²) in [6.07, 6.45) is 2.56. The van der Waals surface area contributed by atoms with Crippen LogP contribution in [0.3, 0.4) is 0 Å². The van der Waals surface area contributed by atoms with Crippen molar-refractivity contribution >= 4 is 29.3 Å². The molecular weight excluding hydrogens is 293 g/mol. The first kappa shape index (κ1) is 14.9. The lowest BCUT2D eigenvalue weighted by molar-refractivity contribution is -0.131. The van der Waals surface area contributed by atoms with Gasteiger partial charge in [0.2, 0.25) is 0 Å². The molecule has 0 saturated carbocycles. The maximum atomic E-state index is 12.8. The third kappa shape index (κ3) is 4.54. The minimum atomic E-state index is -1.01. The quantitative estimate of drug-likeness (QED) is 0.835. The van der Waals surface area contributed by atoms with Crippen LogP contribution in [-0.2, 0) is 11.3 Å². The first-order chi connectivity index (χ1) is 10.0. The summed E-state index contributed by atoms with van der Waals surface area (Å²) >= 11 is 1.39. The van der Waals surface area contributed by atoms with E-state index >= 15 is 0 Å². The molecule has 108 valence electrons. The molecule has 1 aromatic carbocycles. The monoisotopic (exact) mass is 305 g/mol. The van der Waals surface area contributed by atoms with E-state index in [4.69, 9.17) is 5.11 Å². The number of hydrogen-bond donors (Lipinski definition) is 2. The fourth-order valence-corrected chi connectivity index (χ4v) is 2.46. The highest BCUT2D eigenvalue weighted by Crippen LogP contribution is 2.18. The first-order valence-corrected chi connectivity index (χ1v) is 6.90. The Bertz CT molecular complexity index is 676. The number of halogens is 1. The van der Waals surface area contributed by atoms with Crippen LogP contribution in [0.15, 0.2) is 42.5 Å². The average molecular weight is 305 g/mol. The molecule has 0 aliphatic carbocycles. The van der Waals surface area contributed by atoms with Crippen molar-refractivity contribution in [1.29, 1.82) is 0 Å². The van der Waals surface area contributed by atoms with Crippen molar-refractivity contribution in [2.45, 2.75) is 6.54 Å². The lowest BCUT2D eigenvalue weighted by Crippen LogP contribution is -2.22. The molecule has 0 bridgehead atoms. The average Bonchev–Trinajstić information content (AvgIpc) is 2.91. The van der Waals surface area contributed by atoms with Gasteiger partial charge in [-0.05, 0) is 42.5 Å². The highest BCUT2D eigenvalue weighted by Gasteiger charge is 2.06. The van der Waals surface area contributed by atoms with Gasteiger partial charge in [0.1, 0.15) is 5.82 Å². The standard InChI is InChI=1S/C15H12FNO3S/c16-11-3-1-10(2-4-11)15(20)17-9-13-6-5-12(21-13)7-8-14(18)19/h1-8H,9H2,(H,17,20)(H,18,19). The van der Waals surface area contributed by atoms with Crippen LogP contribution in [0.5, 0.6) is 0 Å². The van der Waals surface area contributed by atoms with E-state index in [9.17, 15) is 14.0 Å². The summed E-state index contributed by atoms with van der Waals surface area (Å²) in [6.45, 7) is 0.335. The topological polar surface area (TPSA) is 66.4 Å². The number of thiophene rings is 1. The maximum Gasteiger partial charge on any atom is 0.328 e. The van der Waals surface area contributed by atoms with Gasteiger partial charge in [0.25, 0.3) is 5.91 Å². The van der Waals surface area contributed by atoms with Gasteiger partial charge in [-0.1, -0.05) is 0 Å². The number of carboxylic acids is 1. The van der Waals surface area contributed by atoms with Crippen LogP contribution in [0, 0.1) is 5.82 Å². The zero-order valence-corrected chi connectivity index (χ0v) is 11.7. The van der Waals surface area contributed by atoms with Crippen LogP contribution < -0.4 is 5.32 Å². The van der Waals surface area contributed by atoms with Crippen LogP contribution >= 0.6 is 11.3 Å². The Hall–Kier alpha value is -2.47. The third-order valence-corrected chi connectivity index (χ3v) is 3.65. The van der Waals surface area contributed by atoms with Crippen LogP contribution in [-0.4, -0.2) is 17.0 Å². The highest BCUT2D eigenvalue weighted by atomic mass is 32.1. The van der Waals surface area contributed by atoms with Gasteiger partial charge < -0.3 is 10.4 Å². The maximum absolute atomic E-state index is 12.8. The number of carbonyl (C=O) groups is 2. The summed E-state index contributed by atoms with van der Waals surface area (Å²) in [4.78, 5) is 23.9. The van der Waals surface area contributed by atoms with E-state index in [0.717, 1.165) is 15.8 Å². The van der Waals surface area contributed by atoms with Gasteiger partial charge in [-0.25, -0.2) is 9.18 Å². The van der Waals surface area contributed by atoms with E-state index < -0.39 is 5.97 Å². The van der Waals surface area contributed by atoms with Crippen molar-refractivity contribution in [3.63, 3.8) is 0 Å². The van der Waals surface area contributed by atoms with Gasteiger partial charge in [-0.3, -0.25) is 4.79 Å². The predicted octanol–water partition coefficient (Wildman–Crippen LogP) is 2.92. The second-order valence-electron chi connectivity index (χ2n) is 4.17. The number of carbonyl (C=O) groups excluding carboxylic acids is 1. The minimum Gasteiger partial charge on any atom is -0.478 e. The first-order valence-electron chi connectivity index (χ1n) is 6.08. The number of rotatable bonds is 5. The number of aliphatic carboxylic acids is 1. The largest absolute Gasteiger partial charge is 0.478 e. The summed E-state index contributed by atoms with van der Waals surface area (Å²) in [6, 6.07) is 8.89. The van der Waals surface area contributed by atoms with E-state index in [1.165, 1.54) is 41.7 Å². The summed E-state index contributed by atoms with van der Waals surface area (Å²) < 4.78 is 12.8. The van der Waals surface area contributed by atoms with Gasteiger partial charge >= 0.3 is 5.97 Å². The fraction of sp³-hybridized carbons (Fsp3) is 0.0667. The summed E-state index contributed by atoms with van der Waals surface area (Å²) in [5, 5.41) is 11.3. The molecule has 4 nitrogen and oxygen atoms in total. The number of benzene rings is 1. The van der Waals surface area contributed by atoms with E-state index in [1.807, 2.05) is 6.07 Å². The molecule has 0 saturated heterocycles. The van der Waals surface area contributed by atoms with E-state index in [-0.39, 0.29) is 11.7 Å².